The monoisotopic (exact) mass is 299 g/mol. The third kappa shape index (κ3) is 2.52. The van der Waals surface area contributed by atoms with Gasteiger partial charge in [0.2, 0.25) is 0 Å². The molecule has 0 aliphatic rings. The van der Waals surface area contributed by atoms with Crippen molar-refractivity contribution >= 4 is 28.8 Å². The van der Waals surface area contributed by atoms with E-state index in [4.69, 9.17) is 16.3 Å². The number of fused-ring (bicyclic) bond motifs is 1. The van der Waals surface area contributed by atoms with Crippen molar-refractivity contribution in [1.82, 2.24) is 4.57 Å². The summed E-state index contributed by atoms with van der Waals surface area (Å²) in [6.07, 6.45) is 2.76. The first-order valence-electron chi connectivity index (χ1n) is 6.58. The number of halogens is 1. The summed E-state index contributed by atoms with van der Waals surface area (Å²) in [6.45, 7) is 0.651. The molecule has 0 spiro atoms. The molecule has 3 aromatic rings. The van der Waals surface area contributed by atoms with Crippen LogP contribution >= 0.6 is 11.6 Å². The Bertz CT molecular complexity index is 808. The Balaban J connectivity index is 2.02. The fourth-order valence-electron chi connectivity index (χ4n) is 2.50. The molecular formula is C17H14ClNO2. The van der Waals surface area contributed by atoms with E-state index in [1.54, 1.807) is 7.11 Å². The van der Waals surface area contributed by atoms with Gasteiger partial charge in [0.25, 0.3) is 0 Å². The Hall–Kier alpha value is -2.26. The number of carbonyl (C=O) groups is 1. The second kappa shape index (κ2) is 5.62. The van der Waals surface area contributed by atoms with Gasteiger partial charge in [-0.2, -0.15) is 0 Å². The number of rotatable bonds is 4. The summed E-state index contributed by atoms with van der Waals surface area (Å²) in [6, 6.07) is 13.6. The van der Waals surface area contributed by atoms with Crippen LogP contribution in [0.4, 0.5) is 0 Å². The fourth-order valence-corrected chi connectivity index (χ4v) is 2.79. The fraction of sp³-hybridized carbons (Fsp3) is 0.118. The Morgan fingerprint density at radius 3 is 2.76 bits per heavy atom. The molecule has 106 valence electrons. The molecule has 0 fully saturated rings. The largest absolute Gasteiger partial charge is 0.495 e. The summed E-state index contributed by atoms with van der Waals surface area (Å²) >= 11 is 6.16. The maximum absolute atomic E-state index is 11.2. The summed E-state index contributed by atoms with van der Waals surface area (Å²) in [5.74, 6) is 0.659. The van der Waals surface area contributed by atoms with Crippen molar-refractivity contribution in [1.29, 1.82) is 0 Å². The van der Waals surface area contributed by atoms with Gasteiger partial charge < -0.3 is 9.30 Å². The predicted octanol–water partition coefficient (Wildman–Crippen LogP) is 4.16. The lowest BCUT2D eigenvalue weighted by Gasteiger charge is -2.08. The van der Waals surface area contributed by atoms with Crippen LogP contribution in [-0.4, -0.2) is 18.0 Å². The number of aromatic nitrogens is 1. The van der Waals surface area contributed by atoms with Crippen LogP contribution in [0.25, 0.3) is 10.9 Å². The van der Waals surface area contributed by atoms with E-state index in [2.05, 4.69) is 4.57 Å². The zero-order valence-electron chi connectivity index (χ0n) is 11.5. The van der Waals surface area contributed by atoms with Crippen LogP contribution in [0, 0.1) is 0 Å². The highest BCUT2D eigenvalue weighted by atomic mass is 35.5. The van der Waals surface area contributed by atoms with Gasteiger partial charge in [-0.15, -0.1) is 0 Å². The summed E-state index contributed by atoms with van der Waals surface area (Å²) < 4.78 is 7.21. The van der Waals surface area contributed by atoms with Gasteiger partial charge in [0.15, 0.2) is 6.29 Å². The van der Waals surface area contributed by atoms with Crippen LogP contribution in [0.2, 0.25) is 5.02 Å². The average molecular weight is 300 g/mol. The van der Waals surface area contributed by atoms with E-state index in [0.717, 1.165) is 22.8 Å². The van der Waals surface area contributed by atoms with Crippen LogP contribution in [0.1, 0.15) is 15.9 Å². The Labute approximate surface area is 127 Å². The first-order chi connectivity index (χ1) is 10.2. The molecule has 0 N–H and O–H groups in total. The molecule has 2 aromatic carbocycles. The first kappa shape index (κ1) is 13.7. The molecule has 0 bridgehead atoms. The maximum Gasteiger partial charge on any atom is 0.152 e. The minimum absolute atomic E-state index is 0.585. The van der Waals surface area contributed by atoms with Gasteiger partial charge in [0.1, 0.15) is 5.75 Å². The number of para-hydroxylation sites is 1. The van der Waals surface area contributed by atoms with Crippen LogP contribution in [0.3, 0.4) is 0 Å². The summed E-state index contributed by atoms with van der Waals surface area (Å²) in [7, 11) is 1.59. The Kier molecular flexibility index (Phi) is 3.67. The van der Waals surface area contributed by atoms with Crippen LogP contribution in [0.15, 0.2) is 48.7 Å². The molecule has 0 unspecified atom stereocenters. The van der Waals surface area contributed by atoms with Gasteiger partial charge >= 0.3 is 0 Å². The summed E-state index contributed by atoms with van der Waals surface area (Å²) in [4.78, 5) is 11.2. The van der Waals surface area contributed by atoms with Gasteiger partial charge in [-0.05, 0) is 23.8 Å². The molecule has 1 aromatic heterocycles. The predicted molar refractivity (Wildman–Crippen MR) is 84.4 cm³/mol. The van der Waals surface area contributed by atoms with E-state index >= 15 is 0 Å². The third-order valence-electron chi connectivity index (χ3n) is 3.52. The minimum Gasteiger partial charge on any atom is -0.495 e. The van der Waals surface area contributed by atoms with Crippen molar-refractivity contribution in [2.75, 3.05) is 7.11 Å². The lowest BCUT2D eigenvalue weighted by Crippen LogP contribution is -1.98. The molecular weight excluding hydrogens is 286 g/mol. The van der Waals surface area contributed by atoms with Crippen molar-refractivity contribution in [3.8, 4) is 5.75 Å². The number of methoxy groups -OCH3 is 1. The smallest absolute Gasteiger partial charge is 0.152 e. The number of hydrogen-bond donors (Lipinski definition) is 0. The highest BCUT2D eigenvalue weighted by Crippen LogP contribution is 2.26. The van der Waals surface area contributed by atoms with Gasteiger partial charge in [-0.3, -0.25) is 4.79 Å². The van der Waals surface area contributed by atoms with Crippen LogP contribution in [0.5, 0.6) is 5.75 Å². The maximum atomic E-state index is 11.2. The number of nitrogens with zero attached hydrogens (tertiary/aromatic N) is 1. The third-order valence-corrected chi connectivity index (χ3v) is 3.81. The lowest BCUT2D eigenvalue weighted by molar-refractivity contribution is 0.112. The molecule has 0 saturated carbocycles. The van der Waals surface area contributed by atoms with Gasteiger partial charge in [0, 0.05) is 29.2 Å². The molecule has 0 amide bonds. The van der Waals surface area contributed by atoms with Crippen LogP contribution < -0.4 is 4.74 Å². The molecule has 0 radical (unpaired) electrons. The van der Waals surface area contributed by atoms with E-state index in [1.807, 2.05) is 48.7 Å². The van der Waals surface area contributed by atoms with Gasteiger partial charge in [-0.25, -0.2) is 0 Å². The Morgan fingerprint density at radius 2 is 2.05 bits per heavy atom. The zero-order valence-corrected chi connectivity index (χ0v) is 12.3. The second-order valence-corrected chi connectivity index (χ2v) is 5.22. The van der Waals surface area contributed by atoms with Crippen LogP contribution in [-0.2, 0) is 6.54 Å². The van der Waals surface area contributed by atoms with E-state index in [0.29, 0.717) is 22.9 Å². The minimum atomic E-state index is 0.585. The number of carbonyl (C=O) groups excluding carboxylic acids is 1. The second-order valence-electron chi connectivity index (χ2n) is 4.82. The molecule has 0 atom stereocenters. The molecule has 0 aliphatic carbocycles. The average Bonchev–Trinajstić information content (AvgIpc) is 2.86. The highest BCUT2D eigenvalue weighted by molar-refractivity contribution is 6.32. The normalized spacial score (nSPS) is 10.8. The SMILES string of the molecule is COc1ccc(Cn2cc(C=O)c3ccccc32)cc1Cl. The quantitative estimate of drug-likeness (QED) is 0.677. The molecule has 4 heteroatoms. The van der Waals surface area contributed by atoms with Gasteiger partial charge in [0.05, 0.1) is 12.1 Å². The molecule has 1 heterocycles. The van der Waals surface area contributed by atoms with Gasteiger partial charge in [-0.1, -0.05) is 35.9 Å². The number of aldehydes is 1. The summed E-state index contributed by atoms with van der Waals surface area (Å²) in [5, 5.41) is 1.55. The number of benzene rings is 2. The van der Waals surface area contributed by atoms with Crippen molar-refractivity contribution in [3.05, 3.63) is 64.8 Å². The number of ether oxygens (including phenoxy) is 1. The molecule has 3 rings (SSSR count). The molecule has 21 heavy (non-hydrogen) atoms. The van der Waals surface area contributed by atoms with E-state index < -0.39 is 0 Å². The van der Waals surface area contributed by atoms with Crippen molar-refractivity contribution in [2.45, 2.75) is 6.54 Å². The van der Waals surface area contributed by atoms with E-state index in [9.17, 15) is 4.79 Å². The summed E-state index contributed by atoms with van der Waals surface area (Å²) in [5.41, 5.74) is 2.79. The van der Waals surface area contributed by atoms with Crippen molar-refractivity contribution in [2.24, 2.45) is 0 Å². The zero-order chi connectivity index (χ0) is 14.8. The topological polar surface area (TPSA) is 31.2 Å². The standard InChI is InChI=1S/C17H14ClNO2/c1-21-17-7-6-12(8-15(17)18)9-19-10-13(11-20)14-4-2-3-5-16(14)19/h2-8,10-11H,9H2,1H3. The first-order valence-corrected chi connectivity index (χ1v) is 6.96. The van der Waals surface area contributed by atoms with Crippen molar-refractivity contribution < 1.29 is 9.53 Å². The number of hydrogen-bond acceptors (Lipinski definition) is 2. The Morgan fingerprint density at radius 1 is 1.24 bits per heavy atom. The van der Waals surface area contributed by atoms with E-state index in [-0.39, 0.29) is 0 Å². The van der Waals surface area contributed by atoms with Crippen molar-refractivity contribution in [3.63, 3.8) is 0 Å². The molecule has 0 saturated heterocycles. The lowest BCUT2D eigenvalue weighted by atomic mass is 10.2. The van der Waals surface area contributed by atoms with E-state index in [1.165, 1.54) is 0 Å². The highest BCUT2D eigenvalue weighted by Gasteiger charge is 2.08. The molecule has 3 nitrogen and oxygen atoms in total. The molecule has 0 aliphatic heterocycles.